The van der Waals surface area contributed by atoms with E-state index < -0.39 is 17.6 Å². The zero-order valence-corrected chi connectivity index (χ0v) is 19.8. The molecule has 3 aliphatic rings. The fraction of sp³-hybridized carbons (Fsp3) is 0.464. The van der Waals surface area contributed by atoms with Crippen LogP contribution in [0.4, 0.5) is 4.79 Å². The number of alkyl carbamates (subject to hydrolysis) is 1. The van der Waals surface area contributed by atoms with Gasteiger partial charge < -0.3 is 20.5 Å². The number of hydrogen-bond donors (Lipinski definition) is 3. The van der Waals surface area contributed by atoms with Crippen molar-refractivity contribution in [2.75, 3.05) is 6.61 Å². The maximum absolute atomic E-state index is 12.7. The molecule has 2 unspecified atom stereocenters. The lowest BCUT2D eigenvalue weighted by atomic mass is 9.95. The van der Waals surface area contributed by atoms with E-state index in [-0.39, 0.29) is 36.8 Å². The molecule has 184 valence electrons. The number of fused-ring (bicyclic) bond motifs is 3. The highest BCUT2D eigenvalue weighted by atomic mass is 16.5. The van der Waals surface area contributed by atoms with Crippen molar-refractivity contribution in [2.24, 2.45) is 5.92 Å². The number of amides is 2. The first-order chi connectivity index (χ1) is 17.0. The standard InChI is InChI=1S/C28H32N2O5/c31-25(30-28(26(32)33)14-5-6-15-28)16-18-8-7-13-24(18)29-27(34)35-17-23-21-11-3-1-9-19(21)20-10-2-4-12-22(20)23/h1-4,9-12,18,23-24H,5-8,13-17H2,(H,29,34)(H,30,31)(H,32,33). The van der Waals surface area contributed by atoms with Crippen molar-refractivity contribution in [1.29, 1.82) is 0 Å². The number of carboxylic acid groups (broad SMARTS) is 1. The van der Waals surface area contributed by atoms with Crippen LogP contribution in [0.2, 0.25) is 0 Å². The molecule has 2 amide bonds. The lowest BCUT2D eigenvalue weighted by molar-refractivity contribution is -0.147. The van der Waals surface area contributed by atoms with Crippen molar-refractivity contribution in [3.8, 4) is 11.1 Å². The molecule has 0 aliphatic heterocycles. The average molecular weight is 477 g/mol. The van der Waals surface area contributed by atoms with E-state index in [2.05, 4.69) is 34.9 Å². The third kappa shape index (κ3) is 4.64. The number of nitrogens with one attached hydrogen (secondary N) is 2. The van der Waals surface area contributed by atoms with E-state index in [9.17, 15) is 19.5 Å². The molecule has 0 heterocycles. The molecular formula is C28H32N2O5. The minimum atomic E-state index is -1.13. The summed E-state index contributed by atoms with van der Waals surface area (Å²) in [5.41, 5.74) is 3.55. The Bertz CT molecular complexity index is 1080. The molecule has 3 aliphatic carbocycles. The molecule has 2 fully saturated rings. The van der Waals surface area contributed by atoms with Gasteiger partial charge in [0.05, 0.1) is 0 Å². The Morgan fingerprint density at radius 3 is 2.17 bits per heavy atom. The summed E-state index contributed by atoms with van der Waals surface area (Å²) in [7, 11) is 0. The number of benzene rings is 2. The van der Waals surface area contributed by atoms with Gasteiger partial charge in [-0.1, -0.05) is 67.8 Å². The van der Waals surface area contributed by atoms with Crippen LogP contribution in [0.25, 0.3) is 11.1 Å². The van der Waals surface area contributed by atoms with Crippen LogP contribution in [0.1, 0.15) is 68.4 Å². The zero-order valence-electron chi connectivity index (χ0n) is 19.8. The number of aliphatic carboxylic acids is 1. The van der Waals surface area contributed by atoms with E-state index in [1.807, 2.05) is 24.3 Å². The first kappa shape index (κ1) is 23.4. The van der Waals surface area contributed by atoms with Gasteiger partial charge in [-0.05, 0) is 53.9 Å². The Labute approximate surface area is 205 Å². The Morgan fingerprint density at radius 2 is 1.54 bits per heavy atom. The van der Waals surface area contributed by atoms with E-state index in [4.69, 9.17) is 4.74 Å². The van der Waals surface area contributed by atoms with Gasteiger partial charge in [-0.25, -0.2) is 9.59 Å². The summed E-state index contributed by atoms with van der Waals surface area (Å²) >= 11 is 0. The molecule has 2 atom stereocenters. The third-order valence-corrected chi connectivity index (χ3v) is 8.00. The SMILES string of the molecule is O=C(CC1CCCC1NC(=O)OCC1c2ccccc2-c2ccccc21)NC1(C(=O)O)CCCC1. The van der Waals surface area contributed by atoms with E-state index in [1.54, 1.807) is 0 Å². The predicted molar refractivity (Wildman–Crippen MR) is 131 cm³/mol. The molecule has 0 saturated heterocycles. The smallest absolute Gasteiger partial charge is 0.407 e. The van der Waals surface area contributed by atoms with Gasteiger partial charge >= 0.3 is 12.1 Å². The summed E-state index contributed by atoms with van der Waals surface area (Å²) < 4.78 is 5.68. The minimum Gasteiger partial charge on any atom is -0.480 e. The van der Waals surface area contributed by atoms with Crippen LogP contribution in [0, 0.1) is 5.92 Å². The molecule has 5 rings (SSSR count). The van der Waals surface area contributed by atoms with Crippen LogP contribution in [-0.4, -0.2) is 41.3 Å². The van der Waals surface area contributed by atoms with Crippen molar-refractivity contribution in [3.63, 3.8) is 0 Å². The molecule has 3 N–H and O–H groups in total. The van der Waals surface area contributed by atoms with Crippen LogP contribution in [-0.2, 0) is 14.3 Å². The number of carbonyl (C=O) groups excluding carboxylic acids is 2. The largest absolute Gasteiger partial charge is 0.480 e. The van der Waals surface area contributed by atoms with Crippen molar-refractivity contribution < 1.29 is 24.2 Å². The second kappa shape index (κ2) is 9.72. The summed E-state index contributed by atoms with van der Waals surface area (Å²) in [5, 5.41) is 15.4. The minimum absolute atomic E-state index is 0.00285. The van der Waals surface area contributed by atoms with Gasteiger partial charge in [0.2, 0.25) is 5.91 Å². The molecule has 0 aromatic heterocycles. The predicted octanol–water partition coefficient (Wildman–Crippen LogP) is 4.60. The van der Waals surface area contributed by atoms with Gasteiger partial charge in [-0.2, -0.15) is 0 Å². The Balaban J connectivity index is 1.17. The van der Waals surface area contributed by atoms with Crippen LogP contribution in [0.15, 0.2) is 48.5 Å². The van der Waals surface area contributed by atoms with Crippen molar-refractivity contribution in [1.82, 2.24) is 10.6 Å². The summed E-state index contributed by atoms with van der Waals surface area (Å²) in [5.74, 6) is -1.23. The molecule has 0 bridgehead atoms. The Kier molecular flexibility index (Phi) is 6.50. The number of carboxylic acids is 1. The first-order valence-electron chi connectivity index (χ1n) is 12.6. The van der Waals surface area contributed by atoms with Gasteiger partial charge in [-0.15, -0.1) is 0 Å². The number of ether oxygens (including phenoxy) is 1. The molecule has 2 aromatic rings. The number of rotatable bonds is 7. The van der Waals surface area contributed by atoms with Gasteiger partial charge in [-0.3, -0.25) is 4.79 Å². The van der Waals surface area contributed by atoms with Crippen LogP contribution < -0.4 is 10.6 Å². The number of carbonyl (C=O) groups is 3. The first-order valence-corrected chi connectivity index (χ1v) is 12.6. The maximum Gasteiger partial charge on any atom is 0.407 e. The monoisotopic (exact) mass is 476 g/mol. The van der Waals surface area contributed by atoms with Crippen molar-refractivity contribution in [2.45, 2.75) is 68.9 Å². The lowest BCUT2D eigenvalue weighted by Gasteiger charge is -2.27. The molecule has 7 nitrogen and oxygen atoms in total. The van der Waals surface area contributed by atoms with E-state index in [1.165, 1.54) is 11.1 Å². The zero-order chi connectivity index (χ0) is 24.4. The second-order valence-electron chi connectivity index (χ2n) is 10.1. The second-order valence-corrected chi connectivity index (χ2v) is 10.1. The third-order valence-electron chi connectivity index (χ3n) is 8.00. The van der Waals surface area contributed by atoms with Gasteiger partial charge in [0, 0.05) is 18.4 Å². The molecule has 7 heteroatoms. The average Bonchev–Trinajstić information content (AvgIpc) is 3.57. The molecule has 2 saturated carbocycles. The summed E-state index contributed by atoms with van der Waals surface area (Å²) in [6.07, 6.45) is 4.82. The summed E-state index contributed by atoms with van der Waals surface area (Å²) in [6, 6.07) is 16.3. The molecule has 0 radical (unpaired) electrons. The highest BCUT2D eigenvalue weighted by molar-refractivity contribution is 5.87. The van der Waals surface area contributed by atoms with E-state index in [0.29, 0.717) is 12.8 Å². The fourth-order valence-electron chi connectivity index (χ4n) is 6.19. The summed E-state index contributed by atoms with van der Waals surface area (Å²) in [4.78, 5) is 37.2. The number of hydrogen-bond acceptors (Lipinski definition) is 4. The fourth-order valence-corrected chi connectivity index (χ4v) is 6.19. The van der Waals surface area contributed by atoms with Gasteiger partial charge in [0.1, 0.15) is 12.1 Å². The van der Waals surface area contributed by atoms with Gasteiger partial charge in [0.25, 0.3) is 0 Å². The van der Waals surface area contributed by atoms with Gasteiger partial charge in [0.15, 0.2) is 0 Å². The normalized spacial score (nSPS) is 22.3. The maximum atomic E-state index is 12.7. The van der Waals surface area contributed by atoms with Crippen LogP contribution >= 0.6 is 0 Å². The quantitative estimate of drug-likeness (QED) is 0.542. The molecular weight excluding hydrogens is 444 g/mol. The van der Waals surface area contributed by atoms with Crippen LogP contribution in [0.5, 0.6) is 0 Å². The van der Waals surface area contributed by atoms with Crippen molar-refractivity contribution in [3.05, 3.63) is 59.7 Å². The Morgan fingerprint density at radius 1 is 0.914 bits per heavy atom. The van der Waals surface area contributed by atoms with E-state index >= 15 is 0 Å². The highest BCUT2D eigenvalue weighted by Crippen LogP contribution is 2.44. The van der Waals surface area contributed by atoms with Crippen molar-refractivity contribution >= 4 is 18.0 Å². The molecule has 35 heavy (non-hydrogen) atoms. The molecule has 0 spiro atoms. The van der Waals surface area contributed by atoms with Crippen LogP contribution in [0.3, 0.4) is 0 Å². The highest BCUT2D eigenvalue weighted by Gasteiger charge is 2.43. The Hall–Kier alpha value is -3.35. The lowest BCUT2D eigenvalue weighted by Crippen LogP contribution is -2.53. The summed E-state index contributed by atoms with van der Waals surface area (Å²) in [6.45, 7) is 0.249. The van der Waals surface area contributed by atoms with E-state index in [0.717, 1.165) is 43.2 Å². The molecule has 2 aromatic carbocycles. The topological polar surface area (TPSA) is 105 Å².